The van der Waals surface area contributed by atoms with Gasteiger partial charge in [0, 0.05) is 37.9 Å². The number of methoxy groups -OCH3 is 1. The number of piperazine rings is 1. The molecule has 0 N–H and O–H groups in total. The average Bonchev–Trinajstić information content (AvgIpc) is 3.12. The molecule has 1 aromatic carbocycles. The summed E-state index contributed by atoms with van der Waals surface area (Å²) in [5, 5.41) is 0. The number of carbonyl (C=O) groups excluding carboxylic acids is 1. The number of hydrogen-bond donors (Lipinski definition) is 0. The Bertz CT molecular complexity index is 1130. The number of nitrogens with zero attached hydrogens (tertiary/aromatic N) is 6. The van der Waals surface area contributed by atoms with E-state index in [0.717, 1.165) is 58.8 Å². The summed E-state index contributed by atoms with van der Waals surface area (Å²) in [6.07, 6.45) is 2.20. The maximum atomic E-state index is 12.8. The first kappa shape index (κ1) is 21.8. The largest absolute Gasteiger partial charge is 0.496 e. The lowest BCUT2D eigenvalue weighted by molar-refractivity contribution is -0.130. The van der Waals surface area contributed by atoms with E-state index in [4.69, 9.17) is 4.74 Å². The Morgan fingerprint density at radius 3 is 2.34 bits per heavy atom. The van der Waals surface area contributed by atoms with Crippen molar-refractivity contribution in [1.82, 2.24) is 24.4 Å². The van der Waals surface area contributed by atoms with Gasteiger partial charge in [0.05, 0.1) is 19.2 Å². The van der Waals surface area contributed by atoms with E-state index >= 15 is 0 Å². The molecule has 1 aliphatic rings. The van der Waals surface area contributed by atoms with Crippen LogP contribution in [0.1, 0.15) is 28.3 Å². The zero-order chi connectivity index (χ0) is 22.8. The number of rotatable bonds is 5. The van der Waals surface area contributed by atoms with Gasteiger partial charge in [0.1, 0.15) is 29.5 Å². The number of imidazole rings is 1. The SMILES string of the molecule is COc1ccc(CC(=O)N2CCN(c3cc(-n4cnc(C)c4C)nc(C)n3)CC2)cc1C. The van der Waals surface area contributed by atoms with Crippen LogP contribution < -0.4 is 9.64 Å². The molecule has 8 nitrogen and oxygen atoms in total. The second-order valence-corrected chi connectivity index (χ2v) is 8.27. The van der Waals surface area contributed by atoms with Crippen LogP contribution in [-0.2, 0) is 11.2 Å². The third-order valence-electron chi connectivity index (χ3n) is 6.08. The van der Waals surface area contributed by atoms with Gasteiger partial charge >= 0.3 is 0 Å². The van der Waals surface area contributed by atoms with Crippen molar-refractivity contribution < 1.29 is 9.53 Å². The fourth-order valence-electron chi connectivity index (χ4n) is 4.07. The van der Waals surface area contributed by atoms with E-state index in [1.807, 2.05) is 61.4 Å². The lowest BCUT2D eigenvalue weighted by Crippen LogP contribution is -2.49. The van der Waals surface area contributed by atoms with E-state index in [9.17, 15) is 4.79 Å². The summed E-state index contributed by atoms with van der Waals surface area (Å²) in [5.41, 5.74) is 4.11. The van der Waals surface area contributed by atoms with Crippen molar-refractivity contribution in [2.45, 2.75) is 34.1 Å². The van der Waals surface area contributed by atoms with Crippen molar-refractivity contribution in [2.24, 2.45) is 0 Å². The van der Waals surface area contributed by atoms with Crippen LogP contribution in [0.4, 0.5) is 5.82 Å². The Morgan fingerprint density at radius 2 is 1.72 bits per heavy atom. The fourth-order valence-corrected chi connectivity index (χ4v) is 4.07. The lowest BCUT2D eigenvalue weighted by atomic mass is 10.1. The fraction of sp³-hybridized carbons (Fsp3) is 0.417. The third-order valence-corrected chi connectivity index (χ3v) is 6.08. The summed E-state index contributed by atoms with van der Waals surface area (Å²) in [6, 6.07) is 7.91. The van der Waals surface area contributed by atoms with E-state index in [-0.39, 0.29) is 5.91 Å². The van der Waals surface area contributed by atoms with Crippen LogP contribution in [-0.4, -0.2) is 63.6 Å². The minimum Gasteiger partial charge on any atom is -0.496 e. The van der Waals surface area contributed by atoms with Crippen LogP contribution >= 0.6 is 0 Å². The molecule has 0 unspecified atom stereocenters. The van der Waals surface area contributed by atoms with Gasteiger partial charge in [-0.15, -0.1) is 0 Å². The van der Waals surface area contributed by atoms with Crippen molar-refractivity contribution in [2.75, 3.05) is 38.2 Å². The molecule has 1 aliphatic heterocycles. The van der Waals surface area contributed by atoms with E-state index in [2.05, 4.69) is 19.9 Å². The van der Waals surface area contributed by atoms with Crippen molar-refractivity contribution in [3.63, 3.8) is 0 Å². The van der Waals surface area contributed by atoms with Crippen LogP contribution in [0, 0.1) is 27.7 Å². The van der Waals surface area contributed by atoms with Gasteiger partial charge in [0.2, 0.25) is 5.91 Å². The molecule has 0 saturated carbocycles. The molecule has 0 spiro atoms. The molecular weight excluding hydrogens is 404 g/mol. The zero-order valence-corrected chi connectivity index (χ0v) is 19.4. The van der Waals surface area contributed by atoms with Crippen molar-refractivity contribution in [1.29, 1.82) is 0 Å². The first-order valence-corrected chi connectivity index (χ1v) is 10.9. The molecule has 8 heteroatoms. The minimum atomic E-state index is 0.151. The smallest absolute Gasteiger partial charge is 0.227 e. The maximum absolute atomic E-state index is 12.8. The highest BCUT2D eigenvalue weighted by atomic mass is 16.5. The highest BCUT2D eigenvalue weighted by molar-refractivity contribution is 5.79. The van der Waals surface area contributed by atoms with Gasteiger partial charge < -0.3 is 14.5 Å². The first-order valence-electron chi connectivity index (χ1n) is 10.9. The van der Waals surface area contributed by atoms with Gasteiger partial charge in [-0.1, -0.05) is 12.1 Å². The molecule has 168 valence electrons. The molecule has 3 heterocycles. The molecule has 0 atom stereocenters. The van der Waals surface area contributed by atoms with Crippen molar-refractivity contribution >= 4 is 11.7 Å². The molecule has 2 aromatic heterocycles. The van der Waals surface area contributed by atoms with Gasteiger partial charge in [-0.05, 0) is 44.9 Å². The van der Waals surface area contributed by atoms with Gasteiger partial charge in [-0.25, -0.2) is 15.0 Å². The number of hydrogen-bond acceptors (Lipinski definition) is 6. The predicted molar refractivity (Wildman–Crippen MR) is 124 cm³/mol. The van der Waals surface area contributed by atoms with Crippen LogP contribution in [0.25, 0.3) is 5.82 Å². The summed E-state index contributed by atoms with van der Waals surface area (Å²) in [7, 11) is 1.66. The van der Waals surface area contributed by atoms with Crippen LogP contribution in [0.3, 0.4) is 0 Å². The van der Waals surface area contributed by atoms with Gasteiger partial charge in [-0.2, -0.15) is 0 Å². The molecule has 0 bridgehead atoms. The Morgan fingerprint density at radius 1 is 1.00 bits per heavy atom. The highest BCUT2D eigenvalue weighted by Gasteiger charge is 2.23. The molecular formula is C24H30N6O2. The second-order valence-electron chi connectivity index (χ2n) is 8.27. The molecule has 0 radical (unpaired) electrons. The molecule has 1 amide bonds. The van der Waals surface area contributed by atoms with Crippen LogP contribution in [0.15, 0.2) is 30.6 Å². The number of amides is 1. The quantitative estimate of drug-likeness (QED) is 0.615. The summed E-state index contributed by atoms with van der Waals surface area (Å²) in [6.45, 7) is 10.8. The Labute approximate surface area is 188 Å². The number of anilines is 1. The number of aryl methyl sites for hydroxylation is 3. The minimum absolute atomic E-state index is 0.151. The molecule has 4 rings (SSSR count). The topological polar surface area (TPSA) is 76.4 Å². The summed E-state index contributed by atoms with van der Waals surface area (Å²) >= 11 is 0. The van der Waals surface area contributed by atoms with Crippen LogP contribution in [0.5, 0.6) is 5.75 Å². The third kappa shape index (κ3) is 4.44. The van der Waals surface area contributed by atoms with E-state index in [1.165, 1.54) is 0 Å². The maximum Gasteiger partial charge on any atom is 0.227 e. The lowest BCUT2D eigenvalue weighted by Gasteiger charge is -2.35. The van der Waals surface area contributed by atoms with Gasteiger partial charge in [0.25, 0.3) is 0 Å². The van der Waals surface area contributed by atoms with Crippen molar-refractivity contribution in [3.05, 3.63) is 58.9 Å². The van der Waals surface area contributed by atoms with E-state index in [0.29, 0.717) is 19.5 Å². The number of benzene rings is 1. The number of ether oxygens (including phenoxy) is 1. The summed E-state index contributed by atoms with van der Waals surface area (Å²) in [4.78, 5) is 30.6. The van der Waals surface area contributed by atoms with E-state index < -0.39 is 0 Å². The first-order chi connectivity index (χ1) is 15.4. The highest BCUT2D eigenvalue weighted by Crippen LogP contribution is 2.21. The van der Waals surface area contributed by atoms with E-state index in [1.54, 1.807) is 13.4 Å². The average molecular weight is 435 g/mol. The Hall–Kier alpha value is -3.42. The standard InChI is InChI=1S/C24H30N6O2/c1-16-12-20(6-7-21(16)32-5)13-24(31)29-10-8-28(9-11-29)22-14-23(27-19(4)26-22)30-15-25-17(2)18(30)3/h6-7,12,14-15H,8-11,13H2,1-5H3. The second kappa shape index (κ2) is 8.98. The summed E-state index contributed by atoms with van der Waals surface area (Å²) < 4.78 is 7.30. The Kier molecular flexibility index (Phi) is 6.12. The summed E-state index contributed by atoms with van der Waals surface area (Å²) in [5.74, 6) is 3.42. The van der Waals surface area contributed by atoms with Gasteiger partial charge in [-0.3, -0.25) is 9.36 Å². The monoisotopic (exact) mass is 434 g/mol. The Balaban J connectivity index is 1.42. The van der Waals surface area contributed by atoms with Crippen molar-refractivity contribution in [3.8, 4) is 11.6 Å². The predicted octanol–water partition coefficient (Wildman–Crippen LogP) is 2.80. The van der Waals surface area contributed by atoms with Gasteiger partial charge in [0.15, 0.2) is 0 Å². The molecule has 32 heavy (non-hydrogen) atoms. The molecule has 0 aliphatic carbocycles. The van der Waals surface area contributed by atoms with Crippen LogP contribution in [0.2, 0.25) is 0 Å². The number of carbonyl (C=O) groups is 1. The zero-order valence-electron chi connectivity index (χ0n) is 19.4. The normalized spacial score (nSPS) is 14.0. The molecule has 1 fully saturated rings. The number of aromatic nitrogens is 4. The molecule has 3 aromatic rings. The molecule has 1 saturated heterocycles.